The predicted octanol–water partition coefficient (Wildman–Crippen LogP) is 11.4. The summed E-state index contributed by atoms with van der Waals surface area (Å²) in [6.45, 7) is 11.2. The first-order valence-corrected chi connectivity index (χ1v) is 15.6. The van der Waals surface area contributed by atoms with Crippen LogP contribution in [-0.4, -0.2) is 0 Å². The van der Waals surface area contributed by atoms with Crippen molar-refractivity contribution in [1.29, 1.82) is 0 Å². The van der Waals surface area contributed by atoms with E-state index in [2.05, 4.69) is 63.8 Å². The number of unbranched alkanes of at least 4 members (excludes halogenated alkanes) is 3. The van der Waals surface area contributed by atoms with Crippen molar-refractivity contribution in [3.05, 3.63) is 70.8 Å². The van der Waals surface area contributed by atoms with Gasteiger partial charge in [0.05, 0.1) is 0 Å². The van der Waals surface area contributed by atoms with Crippen molar-refractivity contribution in [3.8, 4) is 0 Å². The van der Waals surface area contributed by atoms with Gasteiger partial charge >= 0.3 is 0 Å². The molecule has 1 fully saturated rings. The first-order valence-electron chi connectivity index (χ1n) is 15.6. The van der Waals surface area contributed by atoms with Crippen LogP contribution in [0, 0.1) is 17.8 Å². The molecule has 1 unspecified atom stereocenters. The van der Waals surface area contributed by atoms with Crippen LogP contribution in [0.4, 0.5) is 0 Å². The van der Waals surface area contributed by atoms with Crippen LogP contribution in [0.3, 0.4) is 0 Å². The summed E-state index contributed by atoms with van der Waals surface area (Å²) < 4.78 is 0. The lowest BCUT2D eigenvalue weighted by molar-refractivity contribution is 0.245. The molecule has 3 rings (SSSR count). The number of rotatable bonds is 15. The van der Waals surface area contributed by atoms with E-state index < -0.39 is 0 Å². The Bertz CT molecular complexity index is 808. The summed E-state index contributed by atoms with van der Waals surface area (Å²) in [6.07, 6.45) is 29.4. The van der Waals surface area contributed by atoms with Crippen LogP contribution in [0.5, 0.6) is 0 Å². The van der Waals surface area contributed by atoms with Crippen molar-refractivity contribution in [3.63, 3.8) is 0 Å². The average molecular weight is 489 g/mol. The second-order valence-electron chi connectivity index (χ2n) is 12.4. The summed E-state index contributed by atoms with van der Waals surface area (Å²) in [5.41, 5.74) is 7.50. The molecule has 0 amide bonds. The highest BCUT2D eigenvalue weighted by atomic mass is 14.3. The molecule has 1 saturated carbocycles. The minimum absolute atomic E-state index is 0.670. The van der Waals surface area contributed by atoms with Crippen molar-refractivity contribution in [2.75, 3.05) is 0 Å². The van der Waals surface area contributed by atoms with E-state index in [4.69, 9.17) is 0 Å². The van der Waals surface area contributed by atoms with Crippen molar-refractivity contribution >= 4 is 0 Å². The molecule has 0 bridgehead atoms. The molecule has 0 nitrogen and oxygen atoms in total. The minimum atomic E-state index is 0.670. The third-order valence-corrected chi connectivity index (χ3v) is 9.06. The molecule has 1 atom stereocenters. The maximum absolute atomic E-state index is 4.50. The van der Waals surface area contributed by atoms with E-state index in [-0.39, 0.29) is 0 Å². The fraction of sp³-hybridized carbons (Fsp3) is 0.667. The quantitative estimate of drug-likeness (QED) is 0.170. The summed E-state index contributed by atoms with van der Waals surface area (Å²) in [4.78, 5) is 0. The monoisotopic (exact) mass is 488 g/mol. The molecule has 0 heteroatoms. The smallest absolute Gasteiger partial charge is 0.00669 e. The highest BCUT2D eigenvalue weighted by Crippen LogP contribution is 2.35. The lowest BCUT2D eigenvalue weighted by Crippen LogP contribution is -2.14. The lowest BCUT2D eigenvalue weighted by atomic mass is 9.78. The van der Waals surface area contributed by atoms with Gasteiger partial charge in [-0.05, 0) is 94.1 Å². The average Bonchev–Trinajstić information content (AvgIpc) is 2.89. The fourth-order valence-corrected chi connectivity index (χ4v) is 6.52. The van der Waals surface area contributed by atoms with Gasteiger partial charge in [-0.25, -0.2) is 0 Å². The summed E-state index contributed by atoms with van der Waals surface area (Å²) in [5.74, 6) is 2.74. The summed E-state index contributed by atoms with van der Waals surface area (Å²) in [6, 6.07) is 9.49. The predicted molar refractivity (Wildman–Crippen MR) is 161 cm³/mol. The molecule has 0 spiro atoms. The molecule has 200 valence electrons. The number of allylic oxidation sites excluding steroid dienone is 5. The fourth-order valence-electron chi connectivity index (χ4n) is 6.52. The van der Waals surface area contributed by atoms with E-state index in [1.165, 1.54) is 131 Å². The number of aryl methyl sites for hydroxylation is 1. The van der Waals surface area contributed by atoms with Crippen LogP contribution in [0.15, 0.2) is 59.7 Å². The summed E-state index contributed by atoms with van der Waals surface area (Å²) in [7, 11) is 0. The van der Waals surface area contributed by atoms with Gasteiger partial charge in [-0.3, -0.25) is 0 Å². The van der Waals surface area contributed by atoms with E-state index in [0.29, 0.717) is 5.92 Å². The minimum Gasteiger partial charge on any atom is -0.0992 e. The van der Waals surface area contributed by atoms with Gasteiger partial charge in [0.1, 0.15) is 0 Å². The second-order valence-corrected chi connectivity index (χ2v) is 12.4. The molecule has 36 heavy (non-hydrogen) atoms. The summed E-state index contributed by atoms with van der Waals surface area (Å²) in [5, 5.41) is 0. The molecule has 0 N–H and O–H groups in total. The first kappa shape index (κ1) is 29.0. The zero-order valence-electron chi connectivity index (χ0n) is 24.1. The van der Waals surface area contributed by atoms with Crippen molar-refractivity contribution in [2.45, 2.75) is 136 Å². The SMILES string of the molecule is C=C(Cc1ccc(CCCCC2CCC(CCCCC)CC2)cc1)C1CC=C(CCC=C(C)C)CC1. The van der Waals surface area contributed by atoms with E-state index in [9.17, 15) is 0 Å². The Labute approximate surface area is 224 Å². The molecule has 1 aromatic carbocycles. The third-order valence-electron chi connectivity index (χ3n) is 9.06. The number of hydrogen-bond donors (Lipinski definition) is 0. The summed E-state index contributed by atoms with van der Waals surface area (Å²) >= 11 is 0. The Morgan fingerprint density at radius 3 is 2.06 bits per heavy atom. The van der Waals surface area contributed by atoms with Gasteiger partial charge < -0.3 is 0 Å². The standard InChI is InChI=1S/C36H56/c1-5-6-7-12-31-16-18-32(19-17-31)13-8-9-14-33-20-22-35(23-21-33)28-30(4)36-26-24-34(25-27-36)15-10-11-29(2)3/h11,20-24,31-32,36H,4-10,12-19,25-28H2,1-3H3. The van der Waals surface area contributed by atoms with Gasteiger partial charge in [-0.15, -0.1) is 0 Å². The Balaban J connectivity index is 1.28. The van der Waals surface area contributed by atoms with Crippen LogP contribution in [0.25, 0.3) is 0 Å². The second kappa shape index (κ2) is 16.3. The molecule has 0 aliphatic heterocycles. The zero-order chi connectivity index (χ0) is 25.6. The van der Waals surface area contributed by atoms with Gasteiger partial charge in [0.2, 0.25) is 0 Å². The van der Waals surface area contributed by atoms with E-state index >= 15 is 0 Å². The van der Waals surface area contributed by atoms with Gasteiger partial charge in [0, 0.05) is 0 Å². The third kappa shape index (κ3) is 10.8. The first-order chi connectivity index (χ1) is 17.5. The normalized spacial score (nSPS) is 22.2. The molecule has 2 aliphatic carbocycles. The largest absolute Gasteiger partial charge is 0.0992 e. The van der Waals surface area contributed by atoms with Gasteiger partial charge in [0.25, 0.3) is 0 Å². The molecule has 1 aromatic rings. The maximum atomic E-state index is 4.50. The Kier molecular flexibility index (Phi) is 13.1. The van der Waals surface area contributed by atoms with Crippen molar-refractivity contribution in [2.24, 2.45) is 17.8 Å². The van der Waals surface area contributed by atoms with Gasteiger partial charge in [0.15, 0.2) is 0 Å². The molecule has 0 aromatic heterocycles. The molecule has 0 saturated heterocycles. The number of hydrogen-bond acceptors (Lipinski definition) is 0. The van der Waals surface area contributed by atoms with E-state index in [1.54, 1.807) is 5.57 Å². The van der Waals surface area contributed by atoms with Crippen LogP contribution in [0.2, 0.25) is 0 Å². The molecule has 0 heterocycles. The Hall–Kier alpha value is -1.56. The van der Waals surface area contributed by atoms with Crippen LogP contribution < -0.4 is 0 Å². The highest BCUT2D eigenvalue weighted by molar-refractivity contribution is 5.27. The van der Waals surface area contributed by atoms with Crippen LogP contribution in [-0.2, 0) is 12.8 Å². The van der Waals surface area contributed by atoms with Crippen molar-refractivity contribution in [1.82, 2.24) is 0 Å². The maximum Gasteiger partial charge on any atom is -0.00669 e. The molecular formula is C36H56. The molecule has 2 aliphatic rings. The molecule has 0 radical (unpaired) electrons. The van der Waals surface area contributed by atoms with Gasteiger partial charge in [-0.2, -0.15) is 0 Å². The van der Waals surface area contributed by atoms with E-state index in [0.717, 1.165) is 18.3 Å². The lowest BCUT2D eigenvalue weighted by Gasteiger charge is -2.28. The van der Waals surface area contributed by atoms with Crippen LogP contribution >= 0.6 is 0 Å². The Morgan fingerprint density at radius 2 is 1.47 bits per heavy atom. The zero-order valence-corrected chi connectivity index (χ0v) is 24.1. The topological polar surface area (TPSA) is 0 Å². The Morgan fingerprint density at radius 1 is 0.833 bits per heavy atom. The number of benzene rings is 1. The molecular weight excluding hydrogens is 432 g/mol. The van der Waals surface area contributed by atoms with Gasteiger partial charge in [-0.1, -0.05) is 131 Å². The van der Waals surface area contributed by atoms with Crippen LogP contribution in [0.1, 0.15) is 135 Å². The highest BCUT2D eigenvalue weighted by Gasteiger charge is 2.20. The van der Waals surface area contributed by atoms with Crippen molar-refractivity contribution < 1.29 is 0 Å². The van der Waals surface area contributed by atoms with E-state index in [1.807, 2.05) is 0 Å².